The van der Waals surface area contributed by atoms with Crippen molar-refractivity contribution in [1.29, 1.82) is 0 Å². The molecule has 2 atom stereocenters. The molecular weight excluding hydrogens is 162 g/mol. The van der Waals surface area contributed by atoms with Gasteiger partial charge in [0.25, 0.3) is 0 Å². The summed E-state index contributed by atoms with van der Waals surface area (Å²) in [5.41, 5.74) is 6.05. The van der Waals surface area contributed by atoms with Crippen LogP contribution in [-0.2, 0) is 0 Å². The molecule has 3 nitrogen and oxygen atoms in total. The molecule has 0 aromatic carbocycles. The first-order chi connectivity index (χ1) is 6.00. The van der Waals surface area contributed by atoms with Crippen LogP contribution in [0.15, 0.2) is 0 Å². The van der Waals surface area contributed by atoms with Crippen molar-refractivity contribution in [3.63, 3.8) is 0 Å². The summed E-state index contributed by atoms with van der Waals surface area (Å²) < 4.78 is 0. The summed E-state index contributed by atoms with van der Waals surface area (Å²) in [7, 11) is 0. The Labute approximate surface area is 81.7 Å². The smallest absolute Gasteiger partial charge is 0.0361 e. The van der Waals surface area contributed by atoms with Gasteiger partial charge in [0.15, 0.2) is 0 Å². The van der Waals surface area contributed by atoms with Gasteiger partial charge in [-0.2, -0.15) is 0 Å². The topological polar surface area (TPSA) is 41.3 Å². The van der Waals surface area contributed by atoms with Crippen molar-refractivity contribution in [1.82, 2.24) is 10.2 Å². The second-order valence-electron chi connectivity index (χ2n) is 4.64. The molecule has 1 aliphatic rings. The Morgan fingerprint density at radius 1 is 1.23 bits per heavy atom. The van der Waals surface area contributed by atoms with Gasteiger partial charge in [0.2, 0.25) is 0 Å². The molecule has 1 fully saturated rings. The highest BCUT2D eigenvalue weighted by Gasteiger charge is 2.31. The van der Waals surface area contributed by atoms with Gasteiger partial charge < -0.3 is 11.1 Å². The lowest BCUT2D eigenvalue weighted by molar-refractivity contribution is 0.265. The predicted molar refractivity (Wildman–Crippen MR) is 56.7 cm³/mol. The van der Waals surface area contributed by atoms with Crippen LogP contribution in [0.3, 0.4) is 0 Å². The molecule has 0 aromatic heterocycles. The van der Waals surface area contributed by atoms with Crippen molar-refractivity contribution < 1.29 is 0 Å². The summed E-state index contributed by atoms with van der Waals surface area (Å²) in [4.78, 5) is 2.44. The second-order valence-corrected chi connectivity index (χ2v) is 4.64. The van der Waals surface area contributed by atoms with Crippen LogP contribution in [0, 0.1) is 0 Å². The van der Waals surface area contributed by atoms with E-state index in [9.17, 15) is 0 Å². The average molecular weight is 185 g/mol. The summed E-state index contributed by atoms with van der Waals surface area (Å²) in [5, 5.41) is 3.51. The van der Waals surface area contributed by atoms with E-state index in [0.29, 0.717) is 24.2 Å². The van der Waals surface area contributed by atoms with Crippen molar-refractivity contribution in [2.75, 3.05) is 13.1 Å². The van der Waals surface area contributed by atoms with E-state index in [-0.39, 0.29) is 0 Å². The lowest BCUT2D eigenvalue weighted by Crippen LogP contribution is -2.46. The number of nitrogens with one attached hydrogen (secondary N) is 1. The molecule has 0 saturated carbocycles. The number of nitrogens with zero attached hydrogens (tertiary/aromatic N) is 1. The van der Waals surface area contributed by atoms with Crippen molar-refractivity contribution >= 4 is 0 Å². The van der Waals surface area contributed by atoms with Crippen LogP contribution in [-0.4, -0.2) is 42.2 Å². The Kier molecular flexibility index (Phi) is 3.71. The Balaban J connectivity index is 2.42. The molecule has 0 unspecified atom stereocenters. The number of hydrogen-bond acceptors (Lipinski definition) is 3. The van der Waals surface area contributed by atoms with E-state index in [1.165, 1.54) is 0 Å². The van der Waals surface area contributed by atoms with Crippen LogP contribution in [0.4, 0.5) is 0 Å². The highest BCUT2D eigenvalue weighted by Crippen LogP contribution is 2.12. The summed E-state index contributed by atoms with van der Waals surface area (Å²) in [6.45, 7) is 10.9. The Bertz CT molecular complexity index is 156. The Morgan fingerprint density at radius 2 is 1.85 bits per heavy atom. The van der Waals surface area contributed by atoms with E-state index in [0.717, 1.165) is 13.1 Å². The lowest BCUT2D eigenvalue weighted by Gasteiger charge is -2.21. The first kappa shape index (κ1) is 11.0. The van der Waals surface area contributed by atoms with Crippen molar-refractivity contribution in [3.8, 4) is 0 Å². The molecular formula is C10H23N3. The van der Waals surface area contributed by atoms with Gasteiger partial charge in [0, 0.05) is 37.3 Å². The fourth-order valence-electron chi connectivity index (χ4n) is 1.89. The van der Waals surface area contributed by atoms with Gasteiger partial charge in [-0.3, -0.25) is 4.90 Å². The fourth-order valence-corrected chi connectivity index (χ4v) is 1.89. The minimum absolute atomic E-state index is 0.296. The minimum Gasteiger partial charge on any atom is -0.325 e. The zero-order valence-electron chi connectivity index (χ0n) is 9.25. The van der Waals surface area contributed by atoms with Gasteiger partial charge >= 0.3 is 0 Å². The summed E-state index contributed by atoms with van der Waals surface area (Å²) in [6, 6.07) is 1.92. The van der Waals surface area contributed by atoms with E-state index in [1.807, 2.05) is 0 Å². The Hall–Kier alpha value is -0.120. The van der Waals surface area contributed by atoms with E-state index < -0.39 is 0 Å². The van der Waals surface area contributed by atoms with E-state index >= 15 is 0 Å². The maximum absolute atomic E-state index is 6.05. The van der Waals surface area contributed by atoms with Crippen LogP contribution < -0.4 is 11.1 Å². The normalized spacial score (nSPS) is 30.7. The third kappa shape index (κ3) is 2.93. The Morgan fingerprint density at radius 3 is 2.23 bits per heavy atom. The summed E-state index contributed by atoms with van der Waals surface area (Å²) >= 11 is 0. The molecule has 13 heavy (non-hydrogen) atoms. The second kappa shape index (κ2) is 4.40. The first-order valence-corrected chi connectivity index (χ1v) is 5.26. The molecule has 0 bridgehead atoms. The van der Waals surface area contributed by atoms with Crippen LogP contribution in [0.1, 0.15) is 27.7 Å². The molecule has 0 aliphatic carbocycles. The molecule has 3 heteroatoms. The number of nitrogens with two attached hydrogens (primary N) is 1. The quantitative estimate of drug-likeness (QED) is 0.669. The maximum atomic E-state index is 6.05. The molecule has 1 saturated heterocycles. The van der Waals surface area contributed by atoms with Crippen LogP contribution in [0.25, 0.3) is 0 Å². The molecule has 0 amide bonds. The van der Waals surface area contributed by atoms with Gasteiger partial charge in [0.05, 0.1) is 0 Å². The highest BCUT2D eigenvalue weighted by molar-refractivity contribution is 4.93. The predicted octanol–water partition coefficient (Wildman–Crippen LogP) is 0.404. The molecule has 0 spiro atoms. The number of rotatable bonds is 3. The average Bonchev–Trinajstić information content (AvgIpc) is 2.31. The summed E-state index contributed by atoms with van der Waals surface area (Å²) in [6.07, 6.45) is 0. The fraction of sp³-hybridized carbons (Fsp3) is 1.00. The van der Waals surface area contributed by atoms with Gasteiger partial charge in [-0.25, -0.2) is 0 Å². The standard InChI is InChI=1S/C10H23N3/c1-7(2)12-10-6-13(8(3)4)5-9(10)11/h7-10,12H,5-6,11H2,1-4H3/t9-,10+/m0/s1. The first-order valence-electron chi connectivity index (χ1n) is 5.26. The van der Waals surface area contributed by atoms with Gasteiger partial charge in [0.1, 0.15) is 0 Å². The zero-order valence-corrected chi connectivity index (χ0v) is 9.25. The highest BCUT2D eigenvalue weighted by atomic mass is 15.2. The molecule has 78 valence electrons. The molecule has 1 heterocycles. The van der Waals surface area contributed by atoms with Crippen molar-refractivity contribution in [2.24, 2.45) is 5.73 Å². The van der Waals surface area contributed by atoms with Crippen LogP contribution >= 0.6 is 0 Å². The zero-order chi connectivity index (χ0) is 10.0. The SMILES string of the molecule is CC(C)N[C@@H]1CN(C(C)C)C[C@@H]1N. The number of hydrogen-bond donors (Lipinski definition) is 2. The molecule has 0 aromatic rings. The largest absolute Gasteiger partial charge is 0.325 e. The summed E-state index contributed by atoms with van der Waals surface area (Å²) in [5.74, 6) is 0. The number of likely N-dealkylation sites (tertiary alicyclic amines) is 1. The molecule has 0 radical (unpaired) electrons. The lowest BCUT2D eigenvalue weighted by atomic mass is 10.1. The van der Waals surface area contributed by atoms with Crippen LogP contribution in [0.5, 0.6) is 0 Å². The van der Waals surface area contributed by atoms with E-state index in [4.69, 9.17) is 5.73 Å². The van der Waals surface area contributed by atoms with Crippen LogP contribution in [0.2, 0.25) is 0 Å². The minimum atomic E-state index is 0.296. The van der Waals surface area contributed by atoms with Crippen molar-refractivity contribution in [2.45, 2.75) is 51.9 Å². The third-order valence-corrected chi connectivity index (χ3v) is 2.67. The molecule has 3 N–H and O–H groups in total. The molecule has 1 rings (SSSR count). The van der Waals surface area contributed by atoms with E-state index in [1.54, 1.807) is 0 Å². The van der Waals surface area contributed by atoms with Crippen molar-refractivity contribution in [3.05, 3.63) is 0 Å². The van der Waals surface area contributed by atoms with Gasteiger partial charge in [-0.05, 0) is 13.8 Å². The molecule has 1 aliphatic heterocycles. The van der Waals surface area contributed by atoms with Gasteiger partial charge in [-0.15, -0.1) is 0 Å². The monoisotopic (exact) mass is 185 g/mol. The van der Waals surface area contributed by atoms with E-state index in [2.05, 4.69) is 37.9 Å². The third-order valence-electron chi connectivity index (χ3n) is 2.67. The van der Waals surface area contributed by atoms with Gasteiger partial charge in [-0.1, -0.05) is 13.8 Å². The maximum Gasteiger partial charge on any atom is 0.0361 e.